The van der Waals surface area contributed by atoms with Gasteiger partial charge in [-0.2, -0.15) is 5.26 Å². The summed E-state index contributed by atoms with van der Waals surface area (Å²) in [6.45, 7) is 0. The van der Waals surface area contributed by atoms with Crippen LogP contribution in [0.2, 0.25) is 0 Å². The maximum absolute atomic E-state index is 10.8. The summed E-state index contributed by atoms with van der Waals surface area (Å²) in [4.78, 5) is 16.0. The van der Waals surface area contributed by atoms with E-state index in [0.717, 1.165) is 10.5 Å². The van der Waals surface area contributed by atoms with Crippen molar-refractivity contribution in [2.45, 2.75) is 22.8 Å². The van der Waals surface area contributed by atoms with Crippen molar-refractivity contribution in [1.82, 2.24) is 4.98 Å². The second kappa shape index (κ2) is 6.73. The zero-order valence-corrected chi connectivity index (χ0v) is 11.4. The van der Waals surface area contributed by atoms with Gasteiger partial charge in [-0.25, -0.2) is 4.98 Å². The molecule has 0 radical (unpaired) electrons. The van der Waals surface area contributed by atoms with Crippen LogP contribution in [0.4, 0.5) is 0 Å². The van der Waals surface area contributed by atoms with Gasteiger partial charge in [0.1, 0.15) is 5.03 Å². The first-order valence-corrected chi connectivity index (χ1v) is 6.80. The van der Waals surface area contributed by atoms with Crippen LogP contribution in [0.1, 0.15) is 11.1 Å². The highest BCUT2D eigenvalue weighted by Crippen LogP contribution is 2.29. The Kier molecular flexibility index (Phi) is 4.75. The van der Waals surface area contributed by atoms with Crippen molar-refractivity contribution in [2.75, 3.05) is 0 Å². The number of carboxylic acids is 1. The topological polar surface area (TPSA) is 74.0 Å². The average molecular weight is 284 g/mol. The van der Waals surface area contributed by atoms with E-state index in [0.29, 0.717) is 17.0 Å². The molecule has 4 nitrogen and oxygen atoms in total. The van der Waals surface area contributed by atoms with Gasteiger partial charge >= 0.3 is 5.97 Å². The lowest BCUT2D eigenvalue weighted by molar-refractivity contribution is -0.136. The van der Waals surface area contributed by atoms with Crippen molar-refractivity contribution in [3.05, 3.63) is 53.7 Å². The molecular weight excluding hydrogens is 272 g/mol. The van der Waals surface area contributed by atoms with E-state index in [-0.39, 0.29) is 6.42 Å². The van der Waals surface area contributed by atoms with Crippen molar-refractivity contribution in [2.24, 2.45) is 0 Å². The fourth-order valence-corrected chi connectivity index (χ4v) is 2.57. The molecule has 2 aromatic rings. The van der Waals surface area contributed by atoms with Gasteiger partial charge in [0.25, 0.3) is 0 Å². The van der Waals surface area contributed by atoms with Crippen molar-refractivity contribution in [3.8, 4) is 6.07 Å². The van der Waals surface area contributed by atoms with E-state index >= 15 is 0 Å². The standard InChI is InChI=1S/C15H12N2O2S/c16-8-7-11-3-5-13(6-4-11)20-15-12(10-14(18)19)2-1-9-17-15/h1-6,9H,7,10H2,(H,18,19). The minimum atomic E-state index is -0.871. The zero-order chi connectivity index (χ0) is 14.4. The molecule has 0 spiro atoms. The predicted molar refractivity (Wildman–Crippen MR) is 75.5 cm³/mol. The van der Waals surface area contributed by atoms with E-state index in [1.165, 1.54) is 11.8 Å². The number of aliphatic carboxylic acids is 1. The number of carboxylic acid groups (broad SMARTS) is 1. The van der Waals surface area contributed by atoms with Gasteiger partial charge in [-0.05, 0) is 29.3 Å². The lowest BCUT2D eigenvalue weighted by Gasteiger charge is -2.06. The van der Waals surface area contributed by atoms with Crippen LogP contribution in [0.3, 0.4) is 0 Å². The van der Waals surface area contributed by atoms with Crippen LogP contribution >= 0.6 is 11.8 Å². The fourth-order valence-electron chi connectivity index (χ4n) is 1.69. The fraction of sp³-hybridized carbons (Fsp3) is 0.133. The summed E-state index contributed by atoms with van der Waals surface area (Å²) >= 11 is 1.43. The molecule has 20 heavy (non-hydrogen) atoms. The first-order valence-electron chi connectivity index (χ1n) is 5.98. The lowest BCUT2D eigenvalue weighted by atomic mass is 10.2. The lowest BCUT2D eigenvalue weighted by Crippen LogP contribution is -2.02. The molecule has 0 aliphatic carbocycles. The number of carbonyl (C=O) groups is 1. The highest BCUT2D eigenvalue weighted by molar-refractivity contribution is 7.99. The van der Waals surface area contributed by atoms with Crippen LogP contribution < -0.4 is 0 Å². The molecule has 0 atom stereocenters. The molecule has 0 fully saturated rings. The van der Waals surface area contributed by atoms with E-state index in [1.807, 2.05) is 24.3 Å². The number of rotatable bonds is 5. The summed E-state index contributed by atoms with van der Waals surface area (Å²) in [6, 6.07) is 13.2. The van der Waals surface area contributed by atoms with Gasteiger partial charge in [0.15, 0.2) is 0 Å². The molecule has 0 aliphatic heterocycles. The number of benzene rings is 1. The molecule has 0 saturated carbocycles. The van der Waals surface area contributed by atoms with Crippen molar-refractivity contribution >= 4 is 17.7 Å². The molecule has 1 heterocycles. The molecule has 0 saturated heterocycles. The maximum Gasteiger partial charge on any atom is 0.307 e. The third-order valence-corrected chi connectivity index (χ3v) is 3.68. The van der Waals surface area contributed by atoms with Crippen LogP contribution in [-0.2, 0) is 17.6 Å². The number of hydrogen-bond donors (Lipinski definition) is 1. The molecular formula is C15H12N2O2S. The van der Waals surface area contributed by atoms with E-state index in [9.17, 15) is 4.79 Å². The average Bonchev–Trinajstić information content (AvgIpc) is 2.43. The zero-order valence-electron chi connectivity index (χ0n) is 10.6. The smallest absolute Gasteiger partial charge is 0.307 e. The van der Waals surface area contributed by atoms with E-state index in [1.54, 1.807) is 18.3 Å². The number of pyridine rings is 1. The van der Waals surface area contributed by atoms with Gasteiger partial charge in [0.2, 0.25) is 0 Å². The van der Waals surface area contributed by atoms with Gasteiger partial charge in [-0.1, -0.05) is 30.0 Å². The molecule has 0 amide bonds. The van der Waals surface area contributed by atoms with Crippen molar-refractivity contribution in [3.63, 3.8) is 0 Å². The second-order valence-corrected chi connectivity index (χ2v) is 5.18. The quantitative estimate of drug-likeness (QED) is 0.913. The van der Waals surface area contributed by atoms with Crippen molar-refractivity contribution in [1.29, 1.82) is 5.26 Å². The Balaban J connectivity index is 2.17. The SMILES string of the molecule is N#CCc1ccc(Sc2ncccc2CC(=O)O)cc1. The Morgan fingerprint density at radius 2 is 2.05 bits per heavy atom. The first kappa shape index (κ1) is 14.1. The summed E-state index contributed by atoms with van der Waals surface area (Å²) in [5, 5.41) is 18.2. The number of aromatic nitrogens is 1. The molecule has 5 heteroatoms. The third-order valence-electron chi connectivity index (χ3n) is 2.61. The third kappa shape index (κ3) is 3.84. The summed E-state index contributed by atoms with van der Waals surface area (Å²) in [6.07, 6.45) is 2.00. The summed E-state index contributed by atoms with van der Waals surface area (Å²) in [5.74, 6) is -0.871. The Morgan fingerprint density at radius 1 is 1.30 bits per heavy atom. The molecule has 1 aromatic heterocycles. The Bertz CT molecular complexity index is 648. The second-order valence-electron chi connectivity index (χ2n) is 4.12. The van der Waals surface area contributed by atoms with E-state index < -0.39 is 5.97 Å². The highest BCUT2D eigenvalue weighted by atomic mass is 32.2. The minimum Gasteiger partial charge on any atom is -0.481 e. The molecule has 0 bridgehead atoms. The van der Waals surface area contributed by atoms with Gasteiger partial charge in [0.05, 0.1) is 18.9 Å². The van der Waals surface area contributed by atoms with Crippen LogP contribution in [-0.4, -0.2) is 16.1 Å². The molecule has 100 valence electrons. The number of hydrogen-bond acceptors (Lipinski definition) is 4. The summed E-state index contributed by atoms with van der Waals surface area (Å²) in [5.41, 5.74) is 1.66. The van der Waals surface area contributed by atoms with E-state index in [2.05, 4.69) is 11.1 Å². The van der Waals surface area contributed by atoms with Crippen LogP contribution in [0.15, 0.2) is 52.5 Å². The Hall–Kier alpha value is -2.32. The molecule has 1 N–H and O–H groups in total. The first-order chi connectivity index (χ1) is 9.69. The summed E-state index contributed by atoms with van der Waals surface area (Å²) < 4.78 is 0. The summed E-state index contributed by atoms with van der Waals surface area (Å²) in [7, 11) is 0. The molecule has 0 unspecified atom stereocenters. The molecule has 0 aliphatic rings. The minimum absolute atomic E-state index is 0.0390. The van der Waals surface area contributed by atoms with Gasteiger partial charge < -0.3 is 5.11 Å². The van der Waals surface area contributed by atoms with Crippen LogP contribution in [0.25, 0.3) is 0 Å². The largest absolute Gasteiger partial charge is 0.481 e. The van der Waals surface area contributed by atoms with Crippen LogP contribution in [0, 0.1) is 11.3 Å². The molecule has 1 aromatic carbocycles. The molecule has 2 rings (SSSR count). The van der Waals surface area contributed by atoms with Gasteiger partial charge in [-0.3, -0.25) is 4.79 Å². The highest BCUT2D eigenvalue weighted by Gasteiger charge is 2.09. The monoisotopic (exact) mass is 284 g/mol. The van der Waals surface area contributed by atoms with Crippen molar-refractivity contribution < 1.29 is 9.90 Å². The van der Waals surface area contributed by atoms with E-state index in [4.69, 9.17) is 10.4 Å². The number of nitriles is 1. The Morgan fingerprint density at radius 3 is 2.70 bits per heavy atom. The predicted octanol–water partition coefficient (Wildman–Crippen LogP) is 2.93. The van der Waals surface area contributed by atoms with Gasteiger partial charge in [-0.15, -0.1) is 0 Å². The van der Waals surface area contributed by atoms with Crippen LogP contribution in [0.5, 0.6) is 0 Å². The Labute approximate surface area is 121 Å². The number of nitrogens with zero attached hydrogens (tertiary/aromatic N) is 2. The normalized spacial score (nSPS) is 9.95. The van der Waals surface area contributed by atoms with Gasteiger partial charge in [0, 0.05) is 11.1 Å². The maximum atomic E-state index is 10.8.